The van der Waals surface area contributed by atoms with Crippen LogP contribution >= 0.6 is 0 Å². The summed E-state index contributed by atoms with van der Waals surface area (Å²) in [7, 11) is 0. The molecule has 0 spiro atoms. The van der Waals surface area contributed by atoms with E-state index in [1.165, 1.54) is 0 Å². The Hall–Kier alpha value is -0.920. The molecule has 21 N–H and O–H groups in total. The molecular weight excluding hydrogens is 704 g/mol. The van der Waals surface area contributed by atoms with Crippen molar-refractivity contribution < 1.29 is 83.9 Å². The zero-order valence-corrected chi connectivity index (χ0v) is 28.3. The van der Waals surface area contributed by atoms with Crippen LogP contribution in [-0.4, -0.2) is 213 Å². The van der Waals surface area contributed by atoms with E-state index in [1.807, 2.05) is 0 Å². The molecule has 0 amide bonds. The molecular formula is C29H56N6O17. The summed E-state index contributed by atoms with van der Waals surface area (Å²) >= 11 is 0. The molecule has 0 radical (unpaired) electrons. The van der Waals surface area contributed by atoms with Gasteiger partial charge in [-0.2, -0.15) is 0 Å². The predicted molar refractivity (Wildman–Crippen MR) is 170 cm³/mol. The summed E-state index contributed by atoms with van der Waals surface area (Å²) in [6.45, 7) is -1.74. The van der Waals surface area contributed by atoms with Crippen LogP contribution in [0.5, 0.6) is 0 Å². The monoisotopic (exact) mass is 760 g/mol. The van der Waals surface area contributed by atoms with Crippen molar-refractivity contribution in [2.75, 3.05) is 26.3 Å². The van der Waals surface area contributed by atoms with Crippen molar-refractivity contribution in [3.05, 3.63) is 0 Å². The molecule has 5 aliphatic rings. The van der Waals surface area contributed by atoms with Gasteiger partial charge in [0.15, 0.2) is 25.2 Å². The van der Waals surface area contributed by atoms with Crippen molar-refractivity contribution in [1.29, 1.82) is 0 Å². The van der Waals surface area contributed by atoms with E-state index >= 15 is 0 Å². The minimum atomic E-state index is -1.79. The lowest BCUT2D eigenvalue weighted by Gasteiger charge is -2.47. The smallest absolute Gasteiger partial charge is 0.187 e. The Kier molecular flexibility index (Phi) is 14.5. The molecule has 1 saturated carbocycles. The van der Waals surface area contributed by atoms with E-state index in [-0.39, 0.29) is 25.9 Å². The van der Waals surface area contributed by atoms with Crippen LogP contribution in [0.15, 0.2) is 0 Å². The van der Waals surface area contributed by atoms with Crippen LogP contribution in [0, 0.1) is 0 Å². The number of rotatable bonds is 12. The molecule has 5 fully saturated rings. The van der Waals surface area contributed by atoms with Crippen LogP contribution in [0.2, 0.25) is 0 Å². The molecule has 4 saturated heterocycles. The Morgan fingerprint density at radius 1 is 0.442 bits per heavy atom. The summed E-state index contributed by atoms with van der Waals surface area (Å²) in [5.41, 5.74) is 36.6. The van der Waals surface area contributed by atoms with E-state index in [4.69, 9.17) is 72.3 Å². The second kappa shape index (κ2) is 17.9. The van der Waals surface area contributed by atoms with Crippen molar-refractivity contribution in [3.8, 4) is 0 Å². The lowest BCUT2D eigenvalue weighted by molar-refractivity contribution is -0.348. The lowest BCUT2D eigenvalue weighted by Crippen LogP contribution is -2.67. The normalized spacial score (nSPS) is 53.2. The van der Waals surface area contributed by atoms with Gasteiger partial charge in [-0.1, -0.05) is 0 Å². The fourth-order valence-corrected chi connectivity index (χ4v) is 7.21. The van der Waals surface area contributed by atoms with Gasteiger partial charge in [-0.25, -0.2) is 0 Å². The second-order valence-corrected chi connectivity index (χ2v) is 14.0. The highest BCUT2D eigenvalue weighted by Gasteiger charge is 2.55. The third kappa shape index (κ3) is 8.57. The first-order chi connectivity index (χ1) is 24.6. The molecule has 0 aromatic carbocycles. The lowest BCUT2D eigenvalue weighted by atomic mass is 9.84. The van der Waals surface area contributed by atoms with Crippen molar-refractivity contribution >= 4 is 0 Å². The van der Waals surface area contributed by atoms with Crippen LogP contribution in [0.1, 0.15) is 12.8 Å². The van der Waals surface area contributed by atoms with E-state index in [2.05, 4.69) is 0 Å². The quantitative estimate of drug-likeness (QED) is 0.0878. The Morgan fingerprint density at radius 2 is 0.962 bits per heavy atom. The van der Waals surface area contributed by atoms with Gasteiger partial charge in [0, 0.05) is 25.2 Å². The first kappa shape index (κ1) is 42.2. The predicted octanol–water partition coefficient (Wildman–Crippen LogP) is -10.0. The van der Waals surface area contributed by atoms with Crippen molar-refractivity contribution in [1.82, 2.24) is 0 Å². The SMILES string of the molecule is NCC1OC(OC2C(N)CC(N)C(O)C2OC2OC(CO)C(OC3OC(CN)C(OC4OC(CO)C(O)C(O)C4O)C(O)C3N)C2O)C(N)CC1O. The molecule has 23 atom stereocenters. The van der Waals surface area contributed by atoms with E-state index in [0.717, 1.165) is 0 Å². The zero-order chi connectivity index (χ0) is 38.2. The van der Waals surface area contributed by atoms with Gasteiger partial charge in [-0.15, -0.1) is 0 Å². The summed E-state index contributed by atoms with van der Waals surface area (Å²) in [5.74, 6) is 0. The van der Waals surface area contributed by atoms with Gasteiger partial charge < -0.3 is 118 Å². The van der Waals surface area contributed by atoms with Gasteiger partial charge in [0.2, 0.25) is 0 Å². The number of hydrogen-bond acceptors (Lipinski definition) is 23. The standard InChI is InChI=1S/C29H56N6O17/c30-3-11-10(38)2-9(34)26(45-11)49-22-8(33)1-7(32)16(39)25(22)52-29-21(44)24(14(6-37)48-29)50-27-15(35)18(41)23(12(4-31)46-27)51-28-20(43)19(42)17(40)13(5-36)47-28/h7-29,36-44H,1-6,30-35H2. The van der Waals surface area contributed by atoms with Crippen LogP contribution in [0.25, 0.3) is 0 Å². The Morgan fingerprint density at radius 3 is 1.60 bits per heavy atom. The Labute approximate surface area is 298 Å². The summed E-state index contributed by atoms with van der Waals surface area (Å²) in [6.07, 6.45) is -26.1. The number of hydrogen-bond donors (Lipinski definition) is 15. The topological polar surface area (TPSA) is 412 Å². The van der Waals surface area contributed by atoms with Gasteiger partial charge in [0.25, 0.3) is 0 Å². The molecule has 23 heteroatoms. The molecule has 5 rings (SSSR count). The van der Waals surface area contributed by atoms with Gasteiger partial charge in [-0.3, -0.25) is 0 Å². The number of ether oxygens (including phenoxy) is 8. The minimum Gasteiger partial charge on any atom is -0.394 e. The molecule has 1 aliphatic carbocycles. The largest absolute Gasteiger partial charge is 0.394 e. The average molecular weight is 761 g/mol. The summed E-state index contributed by atoms with van der Waals surface area (Å²) in [6, 6.07) is -3.89. The van der Waals surface area contributed by atoms with Crippen molar-refractivity contribution in [2.24, 2.45) is 34.4 Å². The molecule has 4 aliphatic heterocycles. The molecule has 304 valence electrons. The van der Waals surface area contributed by atoms with Crippen LogP contribution in [0.3, 0.4) is 0 Å². The maximum atomic E-state index is 11.4. The fourth-order valence-electron chi connectivity index (χ4n) is 7.21. The first-order valence-corrected chi connectivity index (χ1v) is 17.3. The second-order valence-electron chi connectivity index (χ2n) is 14.0. The molecule has 0 aromatic heterocycles. The Bertz CT molecular complexity index is 1120. The molecule has 23 nitrogen and oxygen atoms in total. The number of nitrogens with two attached hydrogens (primary N) is 6. The maximum absolute atomic E-state index is 11.4. The molecule has 23 unspecified atom stereocenters. The van der Waals surface area contributed by atoms with E-state index in [1.54, 1.807) is 0 Å². The van der Waals surface area contributed by atoms with Crippen LogP contribution in [-0.2, 0) is 37.9 Å². The third-order valence-electron chi connectivity index (χ3n) is 10.3. The molecule has 0 aromatic rings. The first-order valence-electron chi connectivity index (χ1n) is 17.3. The van der Waals surface area contributed by atoms with Gasteiger partial charge in [0.05, 0.1) is 43.6 Å². The molecule has 4 heterocycles. The third-order valence-corrected chi connectivity index (χ3v) is 10.3. The molecule has 52 heavy (non-hydrogen) atoms. The highest BCUT2D eigenvalue weighted by atomic mass is 16.8. The minimum absolute atomic E-state index is 0.0205. The average Bonchev–Trinajstić information content (AvgIpc) is 3.41. The summed E-state index contributed by atoms with van der Waals surface area (Å²) < 4.78 is 46.6. The van der Waals surface area contributed by atoms with E-state index < -0.39 is 154 Å². The summed E-state index contributed by atoms with van der Waals surface area (Å²) in [5, 5.41) is 94.2. The zero-order valence-electron chi connectivity index (χ0n) is 28.3. The van der Waals surface area contributed by atoms with Crippen molar-refractivity contribution in [3.63, 3.8) is 0 Å². The van der Waals surface area contributed by atoms with Crippen LogP contribution in [0.4, 0.5) is 0 Å². The highest BCUT2D eigenvalue weighted by molar-refractivity contribution is 5.02. The fraction of sp³-hybridized carbons (Fsp3) is 1.00. The van der Waals surface area contributed by atoms with E-state index in [0.29, 0.717) is 0 Å². The van der Waals surface area contributed by atoms with Crippen molar-refractivity contribution in [2.45, 2.75) is 154 Å². The van der Waals surface area contributed by atoms with Gasteiger partial charge >= 0.3 is 0 Å². The summed E-state index contributed by atoms with van der Waals surface area (Å²) in [4.78, 5) is 0. The van der Waals surface area contributed by atoms with E-state index in [9.17, 15) is 46.0 Å². The van der Waals surface area contributed by atoms with Crippen LogP contribution < -0.4 is 34.4 Å². The van der Waals surface area contributed by atoms with Gasteiger partial charge in [0.1, 0.15) is 73.2 Å². The highest BCUT2D eigenvalue weighted by Crippen LogP contribution is 2.35. The Balaban J connectivity index is 1.26. The van der Waals surface area contributed by atoms with Gasteiger partial charge in [-0.05, 0) is 12.8 Å². The maximum Gasteiger partial charge on any atom is 0.187 e. The number of aliphatic hydroxyl groups is 9. The number of aliphatic hydroxyl groups excluding tert-OH is 9. The molecule has 0 bridgehead atoms.